The number of nitrogens with zero attached hydrogens (tertiary/aromatic N) is 6. The molecule has 1 saturated heterocycles. The molecule has 27 heavy (non-hydrogen) atoms. The second-order valence-corrected chi connectivity index (χ2v) is 7.08. The van der Waals surface area contributed by atoms with Gasteiger partial charge in [0.2, 0.25) is 0 Å². The van der Waals surface area contributed by atoms with Crippen LogP contribution in [0.1, 0.15) is 23.2 Å². The largest absolute Gasteiger partial charge is 0.339 e. The Hall–Kier alpha value is -2.80. The van der Waals surface area contributed by atoms with Crippen LogP contribution in [0.5, 0.6) is 0 Å². The standard InChI is InChI=1S/C19H19ClN6O/c20-17-4-2-1-3-16(17)18-21-9-15(10-22-18)19(27)26-7-5-14(6-8-26)11-25-12-23-24-13-25/h1-4,9-10,12-14H,5-8,11H2. The molecule has 3 heterocycles. The first kappa shape index (κ1) is 17.6. The second kappa shape index (κ2) is 7.84. The molecule has 1 aromatic carbocycles. The Bertz CT molecular complexity index is 904. The van der Waals surface area contributed by atoms with E-state index in [0.717, 1.165) is 38.0 Å². The van der Waals surface area contributed by atoms with Gasteiger partial charge in [-0.15, -0.1) is 10.2 Å². The fourth-order valence-corrected chi connectivity index (χ4v) is 3.56. The lowest BCUT2D eigenvalue weighted by Gasteiger charge is -2.32. The Balaban J connectivity index is 1.38. The highest BCUT2D eigenvalue weighted by Gasteiger charge is 2.24. The molecule has 1 amide bonds. The molecular weight excluding hydrogens is 364 g/mol. The topological polar surface area (TPSA) is 76.8 Å². The van der Waals surface area contributed by atoms with Crippen molar-refractivity contribution in [1.29, 1.82) is 0 Å². The minimum atomic E-state index is -0.0246. The molecule has 0 spiro atoms. The first-order valence-corrected chi connectivity index (χ1v) is 9.27. The van der Waals surface area contributed by atoms with Crippen molar-refractivity contribution in [3.63, 3.8) is 0 Å². The summed E-state index contributed by atoms with van der Waals surface area (Å²) in [7, 11) is 0. The molecule has 138 valence electrons. The summed E-state index contributed by atoms with van der Waals surface area (Å²) in [5.74, 6) is 1.03. The summed E-state index contributed by atoms with van der Waals surface area (Å²) in [6.07, 6.45) is 8.55. The highest BCUT2D eigenvalue weighted by molar-refractivity contribution is 6.33. The molecule has 2 aromatic heterocycles. The van der Waals surface area contributed by atoms with Crippen LogP contribution in [-0.2, 0) is 6.54 Å². The summed E-state index contributed by atoms with van der Waals surface area (Å²) in [5, 5.41) is 8.25. The monoisotopic (exact) mass is 382 g/mol. The lowest BCUT2D eigenvalue weighted by atomic mass is 9.96. The first-order valence-electron chi connectivity index (χ1n) is 8.89. The highest BCUT2D eigenvalue weighted by atomic mass is 35.5. The molecular formula is C19H19ClN6O. The molecule has 8 heteroatoms. The zero-order valence-corrected chi connectivity index (χ0v) is 15.5. The van der Waals surface area contributed by atoms with Gasteiger partial charge in [-0.1, -0.05) is 23.7 Å². The molecule has 1 aliphatic heterocycles. The van der Waals surface area contributed by atoms with Crippen molar-refractivity contribution in [3.05, 3.63) is 59.9 Å². The molecule has 3 aromatic rings. The summed E-state index contributed by atoms with van der Waals surface area (Å²) in [6.45, 7) is 2.36. The van der Waals surface area contributed by atoms with E-state index in [-0.39, 0.29) is 5.91 Å². The normalized spacial score (nSPS) is 15.1. The van der Waals surface area contributed by atoms with E-state index in [0.29, 0.717) is 22.3 Å². The number of piperidine rings is 1. The van der Waals surface area contributed by atoms with Gasteiger partial charge >= 0.3 is 0 Å². The molecule has 0 bridgehead atoms. The molecule has 1 fully saturated rings. The molecule has 4 rings (SSSR count). The third-order valence-electron chi connectivity index (χ3n) is 4.85. The molecule has 0 N–H and O–H groups in total. The van der Waals surface area contributed by atoms with E-state index in [4.69, 9.17) is 11.6 Å². The van der Waals surface area contributed by atoms with E-state index in [1.54, 1.807) is 31.1 Å². The Morgan fingerprint density at radius 1 is 1.07 bits per heavy atom. The predicted octanol–water partition coefficient (Wildman–Crippen LogP) is 2.94. The summed E-state index contributed by atoms with van der Waals surface area (Å²) in [4.78, 5) is 23.3. The Morgan fingerprint density at radius 3 is 2.41 bits per heavy atom. The number of carbonyl (C=O) groups is 1. The van der Waals surface area contributed by atoms with Crippen molar-refractivity contribution in [1.82, 2.24) is 29.6 Å². The van der Waals surface area contributed by atoms with E-state index >= 15 is 0 Å². The number of benzene rings is 1. The van der Waals surface area contributed by atoms with Crippen molar-refractivity contribution in [2.45, 2.75) is 19.4 Å². The summed E-state index contributed by atoms with van der Waals surface area (Å²) < 4.78 is 1.99. The zero-order valence-electron chi connectivity index (χ0n) is 14.7. The highest BCUT2D eigenvalue weighted by Crippen LogP contribution is 2.25. The number of halogens is 1. The van der Waals surface area contributed by atoms with Gasteiger partial charge in [0.25, 0.3) is 5.91 Å². The molecule has 0 unspecified atom stereocenters. The lowest BCUT2D eigenvalue weighted by molar-refractivity contribution is 0.0682. The van der Waals surface area contributed by atoms with Crippen molar-refractivity contribution < 1.29 is 4.79 Å². The van der Waals surface area contributed by atoms with Crippen molar-refractivity contribution >= 4 is 17.5 Å². The number of aromatic nitrogens is 5. The second-order valence-electron chi connectivity index (χ2n) is 6.67. The maximum atomic E-state index is 12.7. The molecule has 0 radical (unpaired) electrons. The van der Waals surface area contributed by atoms with Crippen molar-refractivity contribution in [3.8, 4) is 11.4 Å². The number of rotatable bonds is 4. The Kier molecular flexibility index (Phi) is 5.11. The minimum Gasteiger partial charge on any atom is -0.339 e. The average Bonchev–Trinajstić information content (AvgIpc) is 3.22. The third kappa shape index (κ3) is 3.98. The van der Waals surface area contributed by atoms with Gasteiger partial charge in [-0.3, -0.25) is 4.79 Å². The van der Waals surface area contributed by atoms with Gasteiger partial charge in [0.1, 0.15) is 12.7 Å². The number of likely N-dealkylation sites (tertiary alicyclic amines) is 1. The van der Waals surface area contributed by atoms with Crippen molar-refractivity contribution in [2.24, 2.45) is 5.92 Å². The third-order valence-corrected chi connectivity index (χ3v) is 5.18. The number of hydrogen-bond donors (Lipinski definition) is 0. The summed E-state index contributed by atoms with van der Waals surface area (Å²) in [6, 6.07) is 7.40. The van der Waals surface area contributed by atoms with Crippen LogP contribution in [-0.4, -0.2) is 48.6 Å². The van der Waals surface area contributed by atoms with Gasteiger partial charge in [-0.2, -0.15) is 0 Å². The molecule has 0 aliphatic carbocycles. The van der Waals surface area contributed by atoms with Crippen LogP contribution in [0.3, 0.4) is 0 Å². The Labute approximate surface area is 162 Å². The smallest absolute Gasteiger partial charge is 0.256 e. The van der Waals surface area contributed by atoms with E-state index in [1.165, 1.54) is 0 Å². The van der Waals surface area contributed by atoms with Crippen LogP contribution >= 0.6 is 11.6 Å². The molecule has 0 saturated carbocycles. The van der Waals surface area contributed by atoms with Gasteiger partial charge < -0.3 is 9.47 Å². The molecule has 0 atom stereocenters. The molecule has 7 nitrogen and oxygen atoms in total. The van der Waals surface area contributed by atoms with Gasteiger partial charge in [-0.25, -0.2) is 9.97 Å². The molecule has 1 aliphatic rings. The maximum absolute atomic E-state index is 12.7. The van der Waals surface area contributed by atoms with Gasteiger partial charge in [0.05, 0.1) is 10.6 Å². The quantitative estimate of drug-likeness (QED) is 0.693. The lowest BCUT2D eigenvalue weighted by Crippen LogP contribution is -2.39. The Morgan fingerprint density at radius 2 is 1.74 bits per heavy atom. The van der Waals surface area contributed by atoms with Crippen LogP contribution in [0.15, 0.2) is 49.3 Å². The summed E-state index contributed by atoms with van der Waals surface area (Å²) in [5.41, 5.74) is 1.26. The van der Waals surface area contributed by atoms with Gasteiger partial charge in [0.15, 0.2) is 5.82 Å². The van der Waals surface area contributed by atoms with Crippen molar-refractivity contribution in [2.75, 3.05) is 13.1 Å². The fourth-order valence-electron chi connectivity index (χ4n) is 3.34. The predicted molar refractivity (Wildman–Crippen MR) is 101 cm³/mol. The van der Waals surface area contributed by atoms with Crippen LogP contribution < -0.4 is 0 Å². The van der Waals surface area contributed by atoms with Crippen LogP contribution in [0.4, 0.5) is 0 Å². The van der Waals surface area contributed by atoms with Crippen LogP contribution in [0.25, 0.3) is 11.4 Å². The van der Waals surface area contributed by atoms with E-state index in [1.807, 2.05) is 27.7 Å². The SMILES string of the molecule is O=C(c1cnc(-c2ccccc2Cl)nc1)N1CCC(Cn2cnnc2)CC1. The first-order chi connectivity index (χ1) is 13.2. The maximum Gasteiger partial charge on any atom is 0.256 e. The van der Waals surface area contributed by atoms with Crippen LogP contribution in [0.2, 0.25) is 5.02 Å². The zero-order chi connectivity index (χ0) is 18.6. The van der Waals surface area contributed by atoms with Crippen LogP contribution in [0, 0.1) is 5.92 Å². The minimum absolute atomic E-state index is 0.0246. The van der Waals surface area contributed by atoms with E-state index < -0.39 is 0 Å². The average molecular weight is 383 g/mol. The number of carbonyl (C=O) groups excluding carboxylic acids is 1. The summed E-state index contributed by atoms with van der Waals surface area (Å²) >= 11 is 6.18. The van der Waals surface area contributed by atoms with E-state index in [2.05, 4.69) is 20.2 Å². The number of hydrogen-bond acceptors (Lipinski definition) is 5. The van der Waals surface area contributed by atoms with Gasteiger partial charge in [-0.05, 0) is 30.9 Å². The fraction of sp³-hybridized carbons (Fsp3) is 0.316. The number of amides is 1. The van der Waals surface area contributed by atoms with Gasteiger partial charge in [0, 0.05) is 37.6 Å². The van der Waals surface area contributed by atoms with E-state index in [9.17, 15) is 4.79 Å².